The summed E-state index contributed by atoms with van der Waals surface area (Å²) in [7, 11) is -9.89. The van der Waals surface area contributed by atoms with E-state index in [0.29, 0.717) is 31.6 Å². The van der Waals surface area contributed by atoms with Gasteiger partial charge in [-0.1, -0.05) is 267 Å². The third-order valence-electron chi connectivity index (χ3n) is 15.2. The molecule has 17 nitrogen and oxygen atoms in total. The zero-order valence-electron chi connectivity index (χ0n) is 54.4. The molecule has 0 aliphatic carbocycles. The van der Waals surface area contributed by atoms with Gasteiger partial charge in [-0.15, -0.1) is 0 Å². The van der Waals surface area contributed by atoms with Gasteiger partial charge in [0, 0.05) is 25.7 Å². The highest BCUT2D eigenvalue weighted by molar-refractivity contribution is 7.47. The number of phosphoric ester groups is 2. The fourth-order valence-electron chi connectivity index (χ4n) is 9.62. The lowest BCUT2D eigenvalue weighted by molar-refractivity contribution is -0.161. The van der Waals surface area contributed by atoms with Crippen LogP contribution in [0.5, 0.6) is 0 Å². The van der Waals surface area contributed by atoms with Gasteiger partial charge in [0.15, 0.2) is 12.2 Å². The summed E-state index contributed by atoms with van der Waals surface area (Å²) in [5.41, 5.74) is 0. The van der Waals surface area contributed by atoms with E-state index in [1.54, 1.807) is 0 Å². The molecule has 0 aromatic rings. The van der Waals surface area contributed by atoms with Crippen LogP contribution in [0.4, 0.5) is 0 Å². The number of aliphatic hydroxyl groups is 1. The van der Waals surface area contributed by atoms with Crippen molar-refractivity contribution in [2.75, 3.05) is 39.6 Å². The zero-order chi connectivity index (χ0) is 62.4. The lowest BCUT2D eigenvalue weighted by Gasteiger charge is -2.21. The quantitative estimate of drug-likeness (QED) is 0.0222. The summed E-state index contributed by atoms with van der Waals surface area (Å²) in [5.74, 6) is 0.105. The van der Waals surface area contributed by atoms with Gasteiger partial charge in [-0.05, 0) is 43.4 Å². The summed E-state index contributed by atoms with van der Waals surface area (Å²) < 4.78 is 68.0. The number of rotatable bonds is 63. The molecule has 0 amide bonds. The molecule has 0 aromatic heterocycles. The maximum atomic E-state index is 13.0. The summed E-state index contributed by atoms with van der Waals surface area (Å²) in [6, 6.07) is 0. The van der Waals surface area contributed by atoms with Crippen molar-refractivity contribution in [2.45, 2.75) is 336 Å². The van der Waals surface area contributed by atoms with Crippen LogP contribution < -0.4 is 0 Å². The number of hydrogen-bond donors (Lipinski definition) is 3. The second kappa shape index (κ2) is 56.3. The predicted molar refractivity (Wildman–Crippen MR) is 335 cm³/mol. The molecule has 0 radical (unpaired) electrons. The Hall–Kier alpha value is -1.94. The van der Waals surface area contributed by atoms with Crippen molar-refractivity contribution in [1.29, 1.82) is 0 Å². The molecule has 19 heteroatoms. The Labute approximate surface area is 511 Å². The Balaban J connectivity index is 5.24. The number of carbonyl (C=O) groups excluding carboxylic acids is 4. The minimum Gasteiger partial charge on any atom is -0.462 e. The maximum Gasteiger partial charge on any atom is 0.472 e. The van der Waals surface area contributed by atoms with E-state index in [1.165, 1.54) is 122 Å². The molecule has 3 unspecified atom stereocenters. The Morgan fingerprint density at radius 1 is 0.345 bits per heavy atom. The Morgan fingerprint density at radius 3 is 0.905 bits per heavy atom. The van der Waals surface area contributed by atoms with Gasteiger partial charge < -0.3 is 33.8 Å². The monoisotopic (exact) mass is 1240 g/mol. The van der Waals surface area contributed by atoms with Crippen LogP contribution in [-0.4, -0.2) is 96.7 Å². The molecule has 0 heterocycles. The molecule has 0 spiro atoms. The van der Waals surface area contributed by atoms with Crippen LogP contribution in [0.3, 0.4) is 0 Å². The first-order valence-corrected chi connectivity index (χ1v) is 36.9. The number of ether oxygens (including phenoxy) is 4. The molecular weight excluding hydrogens is 1110 g/mol. The van der Waals surface area contributed by atoms with Gasteiger partial charge >= 0.3 is 39.5 Å². The summed E-state index contributed by atoms with van der Waals surface area (Å²) in [6.07, 6.45) is 37.6. The van der Waals surface area contributed by atoms with Crippen molar-refractivity contribution >= 4 is 39.5 Å². The third-order valence-corrected chi connectivity index (χ3v) is 17.1. The van der Waals surface area contributed by atoms with E-state index in [2.05, 4.69) is 48.5 Å². The van der Waals surface area contributed by atoms with Crippen LogP contribution in [0.25, 0.3) is 0 Å². The van der Waals surface area contributed by atoms with Crippen molar-refractivity contribution in [2.24, 2.45) is 17.8 Å². The summed E-state index contributed by atoms with van der Waals surface area (Å²) >= 11 is 0. The maximum absolute atomic E-state index is 13.0. The van der Waals surface area contributed by atoms with Crippen LogP contribution in [-0.2, 0) is 65.4 Å². The molecule has 0 saturated carbocycles. The first-order valence-electron chi connectivity index (χ1n) is 33.9. The molecule has 3 N–H and O–H groups in total. The third kappa shape index (κ3) is 57.8. The predicted octanol–water partition coefficient (Wildman–Crippen LogP) is 17.9. The molecule has 0 aromatic carbocycles. The van der Waals surface area contributed by atoms with E-state index in [0.717, 1.165) is 108 Å². The molecule has 6 atom stereocenters. The van der Waals surface area contributed by atoms with Crippen molar-refractivity contribution < 1.29 is 80.2 Å². The van der Waals surface area contributed by atoms with E-state index in [1.807, 2.05) is 0 Å². The van der Waals surface area contributed by atoms with E-state index in [9.17, 15) is 43.2 Å². The van der Waals surface area contributed by atoms with Gasteiger partial charge in [0.25, 0.3) is 0 Å². The first kappa shape index (κ1) is 82.1. The van der Waals surface area contributed by atoms with Crippen molar-refractivity contribution in [3.8, 4) is 0 Å². The lowest BCUT2D eigenvalue weighted by Crippen LogP contribution is -2.30. The normalized spacial score (nSPS) is 14.7. The van der Waals surface area contributed by atoms with Crippen molar-refractivity contribution in [3.05, 3.63) is 0 Å². The largest absolute Gasteiger partial charge is 0.472 e. The van der Waals surface area contributed by atoms with Gasteiger partial charge in [0.05, 0.1) is 26.4 Å². The highest BCUT2D eigenvalue weighted by Crippen LogP contribution is 2.45. The number of phosphoric acid groups is 2. The second-order valence-corrected chi connectivity index (χ2v) is 27.6. The number of carbonyl (C=O) groups is 4. The molecular formula is C65H126O17P2. The molecule has 0 aliphatic heterocycles. The highest BCUT2D eigenvalue weighted by atomic mass is 31.2. The minimum atomic E-state index is -4.95. The van der Waals surface area contributed by atoms with Gasteiger partial charge in [-0.3, -0.25) is 37.3 Å². The zero-order valence-corrected chi connectivity index (χ0v) is 56.1. The van der Waals surface area contributed by atoms with E-state index < -0.39 is 97.5 Å². The lowest BCUT2D eigenvalue weighted by atomic mass is 9.99. The van der Waals surface area contributed by atoms with E-state index >= 15 is 0 Å². The average Bonchev–Trinajstić information content (AvgIpc) is 3.47. The average molecular weight is 1240 g/mol. The molecule has 0 rings (SSSR count). The van der Waals surface area contributed by atoms with Gasteiger partial charge in [0.2, 0.25) is 0 Å². The second-order valence-electron chi connectivity index (χ2n) is 24.7. The summed E-state index contributed by atoms with van der Waals surface area (Å²) in [5, 5.41) is 10.5. The van der Waals surface area contributed by atoms with E-state index in [4.69, 9.17) is 37.0 Å². The van der Waals surface area contributed by atoms with E-state index in [-0.39, 0.29) is 25.7 Å². The SMILES string of the molecule is CCCCCCCCCCC(=O)OC[C@H](COP(=O)(O)OC[C@H](O)COP(=O)(O)OC[C@@H](COC(=O)CCCCCCCCCCCC(C)C)OC(=O)CCCCCCCCCCCCC(C)CC)OC(=O)CCCCCCCCCC(C)C. The van der Waals surface area contributed by atoms with Gasteiger partial charge in [-0.25, -0.2) is 9.13 Å². The standard InChI is InChI=1S/C65H126O17P2/c1-8-10-11-12-13-25-32-39-46-62(67)75-52-61(82-65(70)49-42-35-28-21-23-30-37-44-57(5)6)55-80-84(73,74)78-51-59(66)50-77-83(71,72)79-54-60(53-76-63(68)47-40-33-26-20-16-17-22-29-36-43-56(3)4)81-64(69)48-41-34-27-19-15-14-18-24-31-38-45-58(7)9-2/h56-61,66H,8-55H2,1-7H3,(H,71,72)(H,73,74)/t58?,59-,60-,61-/m1/s1. The first-order chi connectivity index (χ1) is 40.3. The highest BCUT2D eigenvalue weighted by Gasteiger charge is 2.30. The van der Waals surface area contributed by atoms with Gasteiger partial charge in [-0.2, -0.15) is 0 Å². The van der Waals surface area contributed by atoms with Crippen LogP contribution in [0.15, 0.2) is 0 Å². The smallest absolute Gasteiger partial charge is 0.462 e. The van der Waals surface area contributed by atoms with Crippen molar-refractivity contribution in [1.82, 2.24) is 0 Å². The fraction of sp³-hybridized carbons (Fsp3) is 0.938. The number of unbranched alkanes of at least 4 members (excludes halogenated alkanes) is 30. The number of esters is 4. The van der Waals surface area contributed by atoms with Crippen LogP contribution in [0, 0.1) is 17.8 Å². The minimum absolute atomic E-state index is 0.103. The Bertz CT molecular complexity index is 1670. The number of aliphatic hydroxyl groups excluding tert-OH is 1. The van der Waals surface area contributed by atoms with Crippen LogP contribution >= 0.6 is 15.6 Å². The number of hydrogen-bond acceptors (Lipinski definition) is 15. The van der Waals surface area contributed by atoms with Crippen LogP contribution in [0.2, 0.25) is 0 Å². The topological polar surface area (TPSA) is 237 Å². The fourth-order valence-corrected chi connectivity index (χ4v) is 11.2. The molecule has 84 heavy (non-hydrogen) atoms. The Morgan fingerprint density at radius 2 is 0.607 bits per heavy atom. The Kier molecular flexibility index (Phi) is 55.0. The molecule has 0 bridgehead atoms. The molecule has 0 aliphatic rings. The molecule has 0 saturated heterocycles. The summed E-state index contributed by atoms with van der Waals surface area (Å²) in [6.45, 7) is 11.7. The van der Waals surface area contributed by atoms with Crippen molar-refractivity contribution in [3.63, 3.8) is 0 Å². The molecule has 498 valence electrons. The molecule has 0 fully saturated rings. The summed E-state index contributed by atoms with van der Waals surface area (Å²) in [4.78, 5) is 72.2. The van der Waals surface area contributed by atoms with Gasteiger partial charge in [0.1, 0.15) is 19.3 Å². The van der Waals surface area contributed by atoms with Crippen LogP contribution in [0.1, 0.15) is 318 Å².